The van der Waals surface area contributed by atoms with E-state index in [-0.39, 0.29) is 30.9 Å². The van der Waals surface area contributed by atoms with Crippen LogP contribution in [0.2, 0.25) is 5.02 Å². The number of fused-ring (bicyclic) bond motifs is 1. The van der Waals surface area contributed by atoms with Crippen molar-refractivity contribution in [2.75, 3.05) is 6.54 Å². The molecule has 2 aliphatic heterocycles. The van der Waals surface area contributed by atoms with E-state index in [2.05, 4.69) is 10.1 Å². The molecule has 2 aliphatic rings. The Bertz CT molecular complexity index is 812. The van der Waals surface area contributed by atoms with Crippen LogP contribution in [0.5, 0.6) is 0 Å². The van der Waals surface area contributed by atoms with Gasteiger partial charge in [-0.25, -0.2) is 4.79 Å². The van der Waals surface area contributed by atoms with Gasteiger partial charge >= 0.3 is 6.03 Å². The van der Waals surface area contributed by atoms with Crippen LogP contribution in [-0.4, -0.2) is 55.0 Å². The van der Waals surface area contributed by atoms with Gasteiger partial charge in [-0.3, -0.25) is 4.90 Å². The van der Waals surface area contributed by atoms with E-state index >= 15 is 0 Å². The van der Waals surface area contributed by atoms with Gasteiger partial charge in [-0.05, 0) is 37.0 Å². The highest BCUT2D eigenvalue weighted by Gasteiger charge is 2.46. The van der Waals surface area contributed by atoms with Crippen LogP contribution in [0.25, 0.3) is 0 Å². The van der Waals surface area contributed by atoms with Crippen molar-refractivity contribution in [3.63, 3.8) is 0 Å². The van der Waals surface area contributed by atoms with Crippen LogP contribution in [-0.2, 0) is 13.0 Å². The number of amides is 2. The first-order chi connectivity index (χ1) is 13.0. The molecular weight excluding hydrogens is 372 g/mol. The number of halogens is 1. The highest BCUT2D eigenvalue weighted by Crippen LogP contribution is 2.30. The number of aromatic nitrogens is 2. The molecule has 3 atom stereocenters. The molecule has 0 bridgehead atoms. The first kappa shape index (κ1) is 18.2. The minimum Gasteiger partial charge on any atom is -0.388 e. The lowest BCUT2D eigenvalue weighted by Crippen LogP contribution is -2.40. The lowest BCUT2D eigenvalue weighted by atomic mass is 10.0. The van der Waals surface area contributed by atoms with Crippen molar-refractivity contribution in [1.29, 1.82) is 0 Å². The average Bonchev–Trinajstić information content (AvgIpc) is 3.21. The Balaban J connectivity index is 1.41. The number of nitrogens with zero attached hydrogens (tertiary/aromatic N) is 4. The topological polar surface area (TPSA) is 103 Å². The van der Waals surface area contributed by atoms with Crippen LogP contribution in [0.1, 0.15) is 42.6 Å². The summed E-state index contributed by atoms with van der Waals surface area (Å²) in [5.74, 6) is 0.576. The molecule has 4 rings (SSSR count). The molecule has 8 nitrogen and oxygen atoms in total. The molecule has 2 N–H and O–H groups in total. The maximum atomic E-state index is 12.5. The van der Waals surface area contributed by atoms with Crippen LogP contribution in [0.15, 0.2) is 28.8 Å². The molecule has 0 radical (unpaired) electrons. The number of carbonyl (C=O) groups excluding carboxylic acids is 1. The maximum absolute atomic E-state index is 12.5. The summed E-state index contributed by atoms with van der Waals surface area (Å²) in [6, 6.07) is 6.52. The Morgan fingerprint density at radius 2 is 2.07 bits per heavy atom. The molecule has 9 heteroatoms. The fourth-order valence-electron chi connectivity index (χ4n) is 3.71. The number of hydrogen-bond donors (Lipinski definition) is 2. The average molecular weight is 393 g/mol. The highest BCUT2D eigenvalue weighted by molar-refractivity contribution is 6.30. The molecule has 1 aromatic heterocycles. The fraction of sp³-hybridized carbons (Fsp3) is 0.500. The zero-order valence-corrected chi connectivity index (χ0v) is 15.4. The Morgan fingerprint density at radius 1 is 1.30 bits per heavy atom. The second-order valence-electron chi connectivity index (χ2n) is 6.96. The summed E-state index contributed by atoms with van der Waals surface area (Å²) in [4.78, 5) is 19.8. The Labute approximate surface area is 161 Å². The highest BCUT2D eigenvalue weighted by atomic mass is 35.5. The second kappa shape index (κ2) is 7.46. The summed E-state index contributed by atoms with van der Waals surface area (Å²) in [6.07, 6.45) is 1.28. The van der Waals surface area contributed by atoms with Gasteiger partial charge in [0.15, 0.2) is 12.1 Å². The van der Waals surface area contributed by atoms with Gasteiger partial charge < -0.3 is 19.6 Å². The zero-order chi connectivity index (χ0) is 19.0. The van der Waals surface area contributed by atoms with Gasteiger partial charge in [0.05, 0.1) is 12.1 Å². The Kier molecular flexibility index (Phi) is 5.03. The number of benzene rings is 1. The van der Waals surface area contributed by atoms with Crippen LogP contribution in [0.4, 0.5) is 4.79 Å². The summed E-state index contributed by atoms with van der Waals surface area (Å²) in [6.45, 7) is 0.719. The summed E-state index contributed by atoms with van der Waals surface area (Å²) in [5.41, 5.74) is 0.702. The first-order valence-electron chi connectivity index (χ1n) is 9.03. The second-order valence-corrected chi connectivity index (χ2v) is 7.39. The van der Waals surface area contributed by atoms with E-state index < -0.39 is 12.3 Å². The molecule has 0 spiro atoms. The molecule has 1 aromatic carbocycles. The van der Waals surface area contributed by atoms with Crippen molar-refractivity contribution >= 4 is 17.6 Å². The molecular formula is C18H21ClN4O4. The van der Waals surface area contributed by atoms with Crippen LogP contribution < -0.4 is 0 Å². The lowest BCUT2D eigenvalue weighted by molar-refractivity contribution is 0.0163. The van der Waals surface area contributed by atoms with E-state index in [1.165, 1.54) is 4.90 Å². The predicted octanol–water partition coefficient (Wildman–Crippen LogP) is 2.11. The number of piperidine rings is 1. The van der Waals surface area contributed by atoms with Gasteiger partial charge in [0.2, 0.25) is 5.89 Å². The first-order valence-corrected chi connectivity index (χ1v) is 9.41. The van der Waals surface area contributed by atoms with Gasteiger partial charge in [0.25, 0.3) is 0 Å². The van der Waals surface area contributed by atoms with E-state index in [4.69, 9.17) is 16.1 Å². The van der Waals surface area contributed by atoms with Gasteiger partial charge in [0, 0.05) is 18.0 Å². The number of carbonyl (C=O) groups is 1. The van der Waals surface area contributed by atoms with E-state index in [0.29, 0.717) is 23.0 Å². The van der Waals surface area contributed by atoms with Crippen LogP contribution in [0.3, 0.4) is 0 Å². The van der Waals surface area contributed by atoms with Gasteiger partial charge in [-0.15, -0.1) is 0 Å². The van der Waals surface area contributed by atoms with Crippen molar-refractivity contribution in [2.45, 2.75) is 50.6 Å². The molecule has 0 aliphatic carbocycles. The number of aliphatic hydroxyl groups is 2. The largest absolute Gasteiger partial charge is 0.388 e. The van der Waals surface area contributed by atoms with E-state index in [1.807, 2.05) is 0 Å². The number of aliphatic hydroxyl groups excluding tert-OH is 2. The van der Waals surface area contributed by atoms with Crippen molar-refractivity contribution < 1.29 is 19.5 Å². The van der Waals surface area contributed by atoms with Gasteiger partial charge in [0.1, 0.15) is 6.54 Å². The maximum Gasteiger partial charge on any atom is 0.323 e. The lowest BCUT2D eigenvalue weighted by Gasteiger charge is -2.28. The van der Waals surface area contributed by atoms with E-state index in [0.717, 1.165) is 19.3 Å². The zero-order valence-electron chi connectivity index (χ0n) is 14.7. The predicted molar refractivity (Wildman–Crippen MR) is 95.7 cm³/mol. The third-order valence-corrected chi connectivity index (χ3v) is 5.40. The quantitative estimate of drug-likeness (QED) is 0.807. The van der Waals surface area contributed by atoms with Gasteiger partial charge in [-0.2, -0.15) is 4.98 Å². The molecule has 1 unspecified atom stereocenters. The molecule has 2 saturated heterocycles. The molecule has 144 valence electrons. The normalized spacial score (nSPS) is 23.6. The SMILES string of the molecule is O=C1N(Cc2nc(C[C@H](O)c3ccc(Cl)cc3)no2)C(O)[C@H]2CCCCN12. The van der Waals surface area contributed by atoms with E-state index in [1.54, 1.807) is 29.2 Å². The van der Waals surface area contributed by atoms with Crippen LogP contribution in [0, 0.1) is 0 Å². The molecule has 2 aromatic rings. The summed E-state index contributed by atoms with van der Waals surface area (Å²) < 4.78 is 5.22. The minimum absolute atomic E-state index is 0.0526. The Morgan fingerprint density at radius 3 is 2.81 bits per heavy atom. The third kappa shape index (κ3) is 3.65. The summed E-state index contributed by atoms with van der Waals surface area (Å²) in [7, 11) is 0. The minimum atomic E-state index is -0.868. The number of rotatable bonds is 5. The summed E-state index contributed by atoms with van der Waals surface area (Å²) in [5, 5.41) is 25.2. The monoisotopic (exact) mass is 392 g/mol. The molecule has 2 amide bonds. The van der Waals surface area contributed by atoms with E-state index in [9.17, 15) is 15.0 Å². The number of hydrogen-bond acceptors (Lipinski definition) is 6. The number of urea groups is 1. The van der Waals surface area contributed by atoms with Crippen molar-refractivity contribution in [2.24, 2.45) is 0 Å². The van der Waals surface area contributed by atoms with Crippen molar-refractivity contribution in [1.82, 2.24) is 19.9 Å². The third-order valence-electron chi connectivity index (χ3n) is 5.15. The molecule has 0 saturated carbocycles. The molecule has 27 heavy (non-hydrogen) atoms. The smallest absolute Gasteiger partial charge is 0.323 e. The Hall–Kier alpha value is -2.16. The summed E-state index contributed by atoms with van der Waals surface area (Å²) >= 11 is 5.85. The van der Waals surface area contributed by atoms with Crippen LogP contribution >= 0.6 is 11.6 Å². The van der Waals surface area contributed by atoms with Crippen molar-refractivity contribution in [3.8, 4) is 0 Å². The molecule has 3 heterocycles. The fourth-order valence-corrected chi connectivity index (χ4v) is 3.84. The standard InChI is InChI=1S/C18H21ClN4O4/c19-12-6-4-11(5-7-12)14(24)9-15-20-16(27-21-15)10-23-17(25)13-3-1-2-8-22(13)18(23)26/h4-7,13-14,17,24-25H,1-3,8-10H2/t13-,14+,17?/m1/s1. The van der Waals surface area contributed by atoms with Gasteiger partial charge in [-0.1, -0.05) is 28.9 Å². The molecule has 2 fully saturated rings. The van der Waals surface area contributed by atoms with Crippen molar-refractivity contribution in [3.05, 3.63) is 46.6 Å².